The second kappa shape index (κ2) is 8.10. The molecule has 0 bridgehead atoms. The lowest BCUT2D eigenvalue weighted by Crippen LogP contribution is -2.41. The van der Waals surface area contributed by atoms with Crippen LogP contribution in [0.15, 0.2) is 18.2 Å². The molecule has 6 heteroatoms. The molecule has 2 rings (SSSR count). The molecular weight excluding hydrogens is 292 g/mol. The standard InChI is InChI=1S/C15H22N2O3.ClH/c1-3-20-13-7-6-11(8-14(13)19-2)15(18)17-12(9-16)10-4-5-10;/h6-8,10,12H,3-5,9,16H2,1-2H3,(H,17,18);1H. The number of methoxy groups -OCH3 is 1. The first kappa shape index (κ1) is 17.6. The SMILES string of the molecule is CCOc1ccc(C(=O)NC(CN)C2CC2)cc1OC.Cl. The van der Waals surface area contributed by atoms with Gasteiger partial charge in [-0.1, -0.05) is 0 Å². The Balaban J connectivity index is 0.00000220. The average Bonchev–Trinajstić information content (AvgIpc) is 3.29. The van der Waals surface area contributed by atoms with Gasteiger partial charge in [-0.15, -0.1) is 12.4 Å². The van der Waals surface area contributed by atoms with Gasteiger partial charge in [0.25, 0.3) is 5.91 Å². The van der Waals surface area contributed by atoms with Gasteiger partial charge in [0, 0.05) is 18.2 Å². The van der Waals surface area contributed by atoms with E-state index in [0.29, 0.717) is 36.1 Å². The number of benzene rings is 1. The maximum absolute atomic E-state index is 12.2. The highest BCUT2D eigenvalue weighted by Gasteiger charge is 2.31. The summed E-state index contributed by atoms with van der Waals surface area (Å²) in [5, 5.41) is 2.99. The van der Waals surface area contributed by atoms with Crippen molar-refractivity contribution in [3.8, 4) is 11.5 Å². The van der Waals surface area contributed by atoms with Crippen molar-refractivity contribution < 1.29 is 14.3 Å². The fourth-order valence-corrected chi connectivity index (χ4v) is 2.20. The number of carbonyl (C=O) groups is 1. The van der Waals surface area contributed by atoms with Crippen LogP contribution in [-0.2, 0) is 0 Å². The van der Waals surface area contributed by atoms with E-state index in [1.807, 2.05) is 6.92 Å². The molecule has 1 saturated carbocycles. The highest BCUT2D eigenvalue weighted by atomic mass is 35.5. The van der Waals surface area contributed by atoms with E-state index in [2.05, 4.69) is 5.32 Å². The van der Waals surface area contributed by atoms with Crippen LogP contribution in [-0.4, -0.2) is 32.2 Å². The number of carbonyl (C=O) groups excluding carboxylic acids is 1. The molecule has 1 aliphatic carbocycles. The Bertz CT molecular complexity index is 478. The zero-order valence-corrected chi connectivity index (χ0v) is 13.2. The van der Waals surface area contributed by atoms with Crippen LogP contribution in [0.5, 0.6) is 11.5 Å². The molecule has 0 radical (unpaired) electrons. The van der Waals surface area contributed by atoms with Crippen LogP contribution in [0.4, 0.5) is 0 Å². The van der Waals surface area contributed by atoms with Crippen LogP contribution >= 0.6 is 12.4 Å². The monoisotopic (exact) mass is 314 g/mol. The summed E-state index contributed by atoms with van der Waals surface area (Å²) in [5.41, 5.74) is 6.26. The van der Waals surface area contributed by atoms with Gasteiger partial charge in [-0.3, -0.25) is 4.79 Å². The van der Waals surface area contributed by atoms with Crippen LogP contribution < -0.4 is 20.5 Å². The molecule has 1 unspecified atom stereocenters. The molecule has 0 heterocycles. The Morgan fingerprint density at radius 1 is 1.43 bits per heavy atom. The predicted octanol–water partition coefficient (Wildman–Crippen LogP) is 1.98. The molecular formula is C15H23ClN2O3. The molecule has 0 saturated heterocycles. The second-order valence-corrected chi connectivity index (χ2v) is 4.95. The van der Waals surface area contributed by atoms with Gasteiger partial charge in [0.15, 0.2) is 11.5 Å². The molecule has 21 heavy (non-hydrogen) atoms. The number of halogens is 1. The van der Waals surface area contributed by atoms with E-state index >= 15 is 0 Å². The number of nitrogens with one attached hydrogen (secondary N) is 1. The van der Waals surface area contributed by atoms with E-state index in [0.717, 1.165) is 12.8 Å². The van der Waals surface area contributed by atoms with Crippen molar-refractivity contribution in [2.24, 2.45) is 11.7 Å². The molecule has 3 N–H and O–H groups in total. The third kappa shape index (κ3) is 4.51. The van der Waals surface area contributed by atoms with E-state index in [4.69, 9.17) is 15.2 Å². The van der Waals surface area contributed by atoms with Gasteiger partial charge in [-0.25, -0.2) is 0 Å². The Kier molecular flexibility index (Phi) is 6.78. The van der Waals surface area contributed by atoms with Gasteiger partial charge in [0.05, 0.1) is 13.7 Å². The van der Waals surface area contributed by atoms with Crippen LogP contribution in [0, 0.1) is 5.92 Å². The van der Waals surface area contributed by atoms with Crippen LogP contribution in [0.2, 0.25) is 0 Å². The molecule has 1 atom stereocenters. The van der Waals surface area contributed by atoms with E-state index in [-0.39, 0.29) is 24.4 Å². The highest BCUT2D eigenvalue weighted by molar-refractivity contribution is 5.95. The second-order valence-electron chi connectivity index (χ2n) is 4.95. The van der Waals surface area contributed by atoms with Crippen molar-refractivity contribution in [2.45, 2.75) is 25.8 Å². The summed E-state index contributed by atoms with van der Waals surface area (Å²) in [5.74, 6) is 1.63. The van der Waals surface area contributed by atoms with Gasteiger partial charge < -0.3 is 20.5 Å². The van der Waals surface area contributed by atoms with E-state index in [1.54, 1.807) is 25.3 Å². The van der Waals surface area contributed by atoms with Crippen molar-refractivity contribution in [1.82, 2.24) is 5.32 Å². The molecule has 0 spiro atoms. The number of ether oxygens (including phenoxy) is 2. The summed E-state index contributed by atoms with van der Waals surface area (Å²) in [6.07, 6.45) is 2.30. The first-order chi connectivity index (χ1) is 9.69. The summed E-state index contributed by atoms with van der Waals surface area (Å²) >= 11 is 0. The summed E-state index contributed by atoms with van der Waals surface area (Å²) in [4.78, 5) is 12.2. The Hall–Kier alpha value is -1.46. The first-order valence-electron chi connectivity index (χ1n) is 7.01. The van der Waals surface area contributed by atoms with Crippen molar-refractivity contribution in [2.75, 3.05) is 20.3 Å². The number of hydrogen-bond acceptors (Lipinski definition) is 4. The van der Waals surface area contributed by atoms with E-state index < -0.39 is 0 Å². The fourth-order valence-electron chi connectivity index (χ4n) is 2.20. The molecule has 0 aliphatic heterocycles. The zero-order chi connectivity index (χ0) is 14.5. The Morgan fingerprint density at radius 2 is 2.14 bits per heavy atom. The normalized spacial score (nSPS) is 14.8. The van der Waals surface area contributed by atoms with Crippen LogP contribution in [0.3, 0.4) is 0 Å². The van der Waals surface area contributed by atoms with Gasteiger partial charge in [-0.2, -0.15) is 0 Å². The maximum atomic E-state index is 12.2. The van der Waals surface area contributed by atoms with Crippen molar-refractivity contribution in [1.29, 1.82) is 0 Å². The summed E-state index contributed by atoms with van der Waals surface area (Å²) in [6.45, 7) is 2.94. The molecule has 1 aromatic rings. The minimum atomic E-state index is -0.117. The molecule has 0 aromatic heterocycles. The third-order valence-corrected chi connectivity index (χ3v) is 3.49. The molecule has 5 nitrogen and oxygen atoms in total. The van der Waals surface area contributed by atoms with Crippen molar-refractivity contribution >= 4 is 18.3 Å². The quantitative estimate of drug-likeness (QED) is 0.807. The van der Waals surface area contributed by atoms with Gasteiger partial charge in [0.2, 0.25) is 0 Å². The average molecular weight is 315 g/mol. The third-order valence-electron chi connectivity index (χ3n) is 3.49. The predicted molar refractivity (Wildman–Crippen MR) is 84.4 cm³/mol. The minimum absolute atomic E-state index is 0. The summed E-state index contributed by atoms with van der Waals surface area (Å²) in [6, 6.07) is 5.26. The number of hydrogen-bond donors (Lipinski definition) is 2. The Morgan fingerprint density at radius 3 is 2.67 bits per heavy atom. The van der Waals surface area contributed by atoms with Gasteiger partial charge >= 0.3 is 0 Å². The van der Waals surface area contributed by atoms with E-state index in [9.17, 15) is 4.79 Å². The first-order valence-corrected chi connectivity index (χ1v) is 7.01. The van der Waals surface area contributed by atoms with Crippen LogP contribution in [0.25, 0.3) is 0 Å². The number of rotatable bonds is 7. The number of amides is 1. The highest BCUT2D eigenvalue weighted by Crippen LogP contribution is 2.32. The fraction of sp³-hybridized carbons (Fsp3) is 0.533. The lowest BCUT2D eigenvalue weighted by molar-refractivity contribution is 0.0933. The topological polar surface area (TPSA) is 73.6 Å². The molecule has 1 fully saturated rings. The molecule has 1 aromatic carbocycles. The maximum Gasteiger partial charge on any atom is 0.251 e. The Labute approximate surface area is 131 Å². The molecule has 1 amide bonds. The summed E-state index contributed by atoms with van der Waals surface area (Å²) in [7, 11) is 1.56. The van der Waals surface area contributed by atoms with Crippen LogP contribution in [0.1, 0.15) is 30.1 Å². The van der Waals surface area contributed by atoms with Gasteiger partial charge in [0.1, 0.15) is 0 Å². The van der Waals surface area contributed by atoms with Crippen molar-refractivity contribution in [3.05, 3.63) is 23.8 Å². The lowest BCUT2D eigenvalue weighted by Gasteiger charge is -2.17. The number of nitrogens with two attached hydrogens (primary N) is 1. The minimum Gasteiger partial charge on any atom is -0.493 e. The van der Waals surface area contributed by atoms with Crippen molar-refractivity contribution in [3.63, 3.8) is 0 Å². The molecule has 118 valence electrons. The van der Waals surface area contributed by atoms with E-state index in [1.165, 1.54) is 0 Å². The largest absolute Gasteiger partial charge is 0.493 e. The zero-order valence-electron chi connectivity index (χ0n) is 12.4. The summed E-state index contributed by atoms with van der Waals surface area (Å²) < 4.78 is 10.7. The molecule has 1 aliphatic rings. The lowest BCUT2D eigenvalue weighted by atomic mass is 10.1. The van der Waals surface area contributed by atoms with Gasteiger partial charge in [-0.05, 0) is 43.9 Å². The smallest absolute Gasteiger partial charge is 0.251 e.